The summed E-state index contributed by atoms with van der Waals surface area (Å²) in [6.45, 7) is -0.0777. The Morgan fingerprint density at radius 3 is 2.75 bits per heavy atom. The fraction of sp³-hybridized carbons (Fsp3) is 0.667. The van der Waals surface area contributed by atoms with Crippen LogP contribution in [0.5, 0.6) is 0 Å². The van der Waals surface area contributed by atoms with Gasteiger partial charge in [-0.2, -0.15) is 0 Å². The van der Waals surface area contributed by atoms with Gasteiger partial charge in [0, 0.05) is 20.5 Å². The zero-order valence-corrected chi connectivity index (χ0v) is 14.0. The van der Waals surface area contributed by atoms with E-state index >= 15 is 0 Å². The number of carbonyl (C=O) groups excluding carboxylic acids is 1. The number of carbonyl (C=O) groups is 1. The highest BCUT2D eigenvalue weighted by atomic mass is 31.2. The molecule has 11 nitrogen and oxygen atoms in total. The molecule has 0 radical (unpaired) electrons. The normalized spacial score (nSPS) is 27.7. The van der Waals surface area contributed by atoms with Gasteiger partial charge >= 0.3 is 7.82 Å². The molecular formula is C12H19N4O7P. The number of anilines is 1. The van der Waals surface area contributed by atoms with Crippen molar-refractivity contribution in [3.8, 4) is 0 Å². The van der Waals surface area contributed by atoms with Crippen molar-refractivity contribution >= 4 is 19.5 Å². The first kappa shape index (κ1) is 17.3. The minimum atomic E-state index is -4.71. The largest absolute Gasteiger partial charge is 0.469 e. The molecule has 1 saturated heterocycles. The lowest BCUT2D eigenvalue weighted by Crippen LogP contribution is -2.43. The first-order valence-corrected chi connectivity index (χ1v) is 8.78. The molecule has 1 aromatic rings. The number of amides is 1. The van der Waals surface area contributed by atoms with Crippen molar-refractivity contribution in [2.24, 2.45) is 0 Å². The summed E-state index contributed by atoms with van der Waals surface area (Å²) in [5, 5.41) is 9.36. The summed E-state index contributed by atoms with van der Waals surface area (Å²) < 4.78 is 23.0. The fourth-order valence-electron chi connectivity index (χ4n) is 3.05. The Morgan fingerprint density at radius 1 is 1.42 bits per heavy atom. The molecule has 2 aliphatic heterocycles. The van der Waals surface area contributed by atoms with Gasteiger partial charge in [0.1, 0.15) is 24.3 Å². The SMILES string of the molecule is CN1CN(C)c2c(ncn2[C@H]2C[C@H](OP(=O)(O)O)[C@@H](CO)O2)C1=O. The van der Waals surface area contributed by atoms with Crippen LogP contribution in [0.2, 0.25) is 0 Å². The molecule has 3 heterocycles. The highest BCUT2D eigenvalue weighted by Crippen LogP contribution is 2.44. The highest BCUT2D eigenvalue weighted by Gasteiger charge is 2.42. The number of phosphoric ester groups is 1. The fourth-order valence-corrected chi connectivity index (χ4v) is 3.62. The Hall–Kier alpha value is -1.49. The third-order valence-corrected chi connectivity index (χ3v) is 4.59. The second-order valence-corrected chi connectivity index (χ2v) is 7.04. The number of hydrogen-bond donors (Lipinski definition) is 3. The van der Waals surface area contributed by atoms with E-state index in [-0.39, 0.29) is 18.0 Å². The molecule has 3 atom stereocenters. The number of aliphatic hydroxyl groups is 1. The van der Waals surface area contributed by atoms with E-state index in [0.717, 1.165) is 0 Å². The van der Waals surface area contributed by atoms with Crippen LogP contribution < -0.4 is 4.90 Å². The predicted octanol–water partition coefficient (Wildman–Crippen LogP) is -0.880. The molecule has 1 aromatic heterocycles. The Balaban J connectivity index is 1.87. The average molecular weight is 362 g/mol. The molecule has 2 aliphatic rings. The zero-order chi connectivity index (χ0) is 17.6. The van der Waals surface area contributed by atoms with Crippen molar-refractivity contribution < 1.29 is 33.5 Å². The van der Waals surface area contributed by atoms with Gasteiger partial charge in [-0.1, -0.05) is 0 Å². The molecule has 134 valence electrons. The van der Waals surface area contributed by atoms with E-state index in [9.17, 15) is 14.5 Å². The standard InChI is InChI=1S/C12H19N4O7P/c1-14-6-15(2)12(18)10-11(14)16(5-13-10)9-3-7(8(4-17)22-9)23-24(19,20)21/h5,7-9,17H,3-4,6H2,1-2H3,(H2,19,20,21)/t7-,8+,9+/m0/s1. The van der Waals surface area contributed by atoms with Crippen LogP contribution in [0, 0.1) is 0 Å². The number of fused-ring (bicyclic) bond motifs is 1. The van der Waals surface area contributed by atoms with Crippen molar-refractivity contribution in [3.63, 3.8) is 0 Å². The first-order valence-electron chi connectivity index (χ1n) is 7.25. The summed E-state index contributed by atoms with van der Waals surface area (Å²) in [5.74, 6) is 0.332. The molecule has 0 aliphatic carbocycles. The number of phosphoric acid groups is 1. The number of hydrogen-bond acceptors (Lipinski definition) is 7. The molecular weight excluding hydrogens is 343 g/mol. The maximum Gasteiger partial charge on any atom is 0.469 e. The summed E-state index contributed by atoms with van der Waals surface area (Å²) in [6, 6.07) is 0. The van der Waals surface area contributed by atoms with Gasteiger partial charge in [-0.05, 0) is 0 Å². The molecule has 0 aromatic carbocycles. The van der Waals surface area contributed by atoms with E-state index in [1.807, 2.05) is 4.90 Å². The number of ether oxygens (including phenoxy) is 1. The summed E-state index contributed by atoms with van der Waals surface area (Å²) in [6.07, 6.45) is -0.957. The van der Waals surface area contributed by atoms with Crippen molar-refractivity contribution in [2.75, 3.05) is 32.3 Å². The van der Waals surface area contributed by atoms with Crippen molar-refractivity contribution in [3.05, 3.63) is 12.0 Å². The van der Waals surface area contributed by atoms with Crippen molar-refractivity contribution in [1.82, 2.24) is 14.5 Å². The van der Waals surface area contributed by atoms with Crippen molar-refractivity contribution in [2.45, 2.75) is 24.9 Å². The van der Waals surface area contributed by atoms with Gasteiger partial charge in [-0.25, -0.2) is 9.55 Å². The van der Waals surface area contributed by atoms with Crippen LogP contribution in [0.3, 0.4) is 0 Å². The third-order valence-electron chi connectivity index (χ3n) is 4.05. The summed E-state index contributed by atoms with van der Waals surface area (Å²) >= 11 is 0. The Labute approximate surface area is 137 Å². The monoisotopic (exact) mass is 362 g/mol. The number of aromatic nitrogens is 2. The highest BCUT2D eigenvalue weighted by molar-refractivity contribution is 7.46. The van der Waals surface area contributed by atoms with E-state index < -0.39 is 32.9 Å². The number of imidazole rings is 1. The number of aliphatic hydroxyl groups excluding tert-OH is 1. The average Bonchev–Trinajstić information content (AvgIpc) is 3.07. The van der Waals surface area contributed by atoms with Crippen LogP contribution in [0.1, 0.15) is 23.1 Å². The molecule has 1 fully saturated rings. The van der Waals surface area contributed by atoms with E-state index in [0.29, 0.717) is 12.5 Å². The molecule has 0 unspecified atom stereocenters. The van der Waals surface area contributed by atoms with Crippen LogP contribution in [0.15, 0.2) is 6.33 Å². The topological polar surface area (TPSA) is 138 Å². The Morgan fingerprint density at radius 2 is 2.12 bits per heavy atom. The van der Waals surface area contributed by atoms with Gasteiger partial charge in [-0.3, -0.25) is 13.9 Å². The lowest BCUT2D eigenvalue weighted by Gasteiger charge is -2.32. The number of rotatable bonds is 4. The Bertz CT molecular complexity index is 689. The maximum atomic E-state index is 12.2. The molecule has 3 rings (SSSR count). The van der Waals surface area contributed by atoms with Gasteiger partial charge in [0.25, 0.3) is 5.91 Å². The van der Waals surface area contributed by atoms with E-state index in [2.05, 4.69) is 4.98 Å². The first-order chi connectivity index (χ1) is 11.2. The zero-order valence-electron chi connectivity index (χ0n) is 13.1. The molecule has 0 bridgehead atoms. The van der Waals surface area contributed by atoms with Crippen LogP contribution in [0.25, 0.3) is 0 Å². The van der Waals surface area contributed by atoms with Gasteiger partial charge in [0.15, 0.2) is 5.69 Å². The lowest BCUT2D eigenvalue weighted by atomic mass is 10.2. The molecule has 1 amide bonds. The van der Waals surface area contributed by atoms with Crippen LogP contribution >= 0.6 is 7.82 Å². The second-order valence-electron chi connectivity index (χ2n) is 5.85. The van der Waals surface area contributed by atoms with E-state index in [1.54, 1.807) is 18.7 Å². The molecule has 0 spiro atoms. The van der Waals surface area contributed by atoms with E-state index in [1.165, 1.54) is 11.2 Å². The minimum absolute atomic E-state index is 0.108. The van der Waals surface area contributed by atoms with Crippen LogP contribution in [-0.2, 0) is 13.8 Å². The van der Waals surface area contributed by atoms with Gasteiger partial charge in [0.2, 0.25) is 0 Å². The number of nitrogens with zero attached hydrogens (tertiary/aromatic N) is 4. The quantitative estimate of drug-likeness (QED) is 0.583. The molecule has 24 heavy (non-hydrogen) atoms. The summed E-state index contributed by atoms with van der Waals surface area (Å²) in [7, 11) is -1.25. The predicted molar refractivity (Wildman–Crippen MR) is 80.1 cm³/mol. The molecule has 0 saturated carbocycles. The summed E-state index contributed by atoms with van der Waals surface area (Å²) in [4.78, 5) is 37.6. The Kier molecular flexibility index (Phi) is 4.41. The third kappa shape index (κ3) is 3.06. The van der Waals surface area contributed by atoms with Crippen LogP contribution in [-0.4, -0.2) is 74.8 Å². The molecule has 3 N–H and O–H groups in total. The van der Waals surface area contributed by atoms with Gasteiger partial charge in [-0.15, -0.1) is 0 Å². The van der Waals surface area contributed by atoms with Crippen molar-refractivity contribution in [1.29, 1.82) is 0 Å². The maximum absolute atomic E-state index is 12.2. The second kappa shape index (κ2) is 6.10. The van der Waals surface area contributed by atoms with Crippen LogP contribution in [0.4, 0.5) is 5.82 Å². The summed E-state index contributed by atoms with van der Waals surface area (Å²) in [5.41, 5.74) is 0.273. The van der Waals surface area contributed by atoms with Gasteiger partial charge in [0.05, 0.1) is 19.6 Å². The molecule has 12 heteroatoms. The minimum Gasteiger partial charge on any atom is -0.394 e. The van der Waals surface area contributed by atoms with E-state index in [4.69, 9.17) is 19.0 Å². The smallest absolute Gasteiger partial charge is 0.394 e. The lowest BCUT2D eigenvalue weighted by molar-refractivity contribution is -0.0433. The van der Waals surface area contributed by atoms with Gasteiger partial charge < -0.3 is 29.4 Å².